The molecule has 5 nitrogen and oxygen atoms in total. The molecule has 32 heavy (non-hydrogen) atoms. The van der Waals surface area contributed by atoms with Crippen LogP contribution in [0.1, 0.15) is 36.8 Å². The first-order chi connectivity index (χ1) is 15.4. The monoisotopic (exact) mass is 450 g/mol. The van der Waals surface area contributed by atoms with E-state index in [-0.39, 0.29) is 6.42 Å². The van der Waals surface area contributed by atoms with Gasteiger partial charge in [0.05, 0.1) is 26.5 Å². The summed E-state index contributed by atoms with van der Waals surface area (Å²) in [5, 5.41) is 0. The van der Waals surface area contributed by atoms with Gasteiger partial charge in [-0.2, -0.15) is 13.2 Å². The van der Waals surface area contributed by atoms with Crippen LogP contribution in [0.5, 0.6) is 17.4 Å². The second kappa shape index (κ2) is 9.88. The smallest absolute Gasteiger partial charge is 0.389 e. The van der Waals surface area contributed by atoms with Crippen molar-refractivity contribution in [3.8, 4) is 17.4 Å². The number of nitrogens with zero attached hydrogens (tertiary/aromatic N) is 2. The molecule has 0 radical (unpaired) electrons. The predicted octanol–water partition coefficient (Wildman–Crippen LogP) is 5.21. The van der Waals surface area contributed by atoms with Gasteiger partial charge in [-0.05, 0) is 49.7 Å². The fourth-order valence-corrected chi connectivity index (χ4v) is 4.31. The van der Waals surface area contributed by atoms with Crippen LogP contribution in [-0.4, -0.2) is 44.6 Å². The number of methoxy groups -OCH3 is 1. The molecule has 1 aromatic heterocycles. The lowest BCUT2D eigenvalue weighted by Gasteiger charge is -2.35. The summed E-state index contributed by atoms with van der Waals surface area (Å²) >= 11 is 0. The molecule has 2 aromatic rings. The molecule has 2 aliphatic heterocycles. The number of hydrogen-bond acceptors (Lipinski definition) is 5. The van der Waals surface area contributed by atoms with E-state index in [1.165, 1.54) is 0 Å². The van der Waals surface area contributed by atoms with E-state index >= 15 is 0 Å². The van der Waals surface area contributed by atoms with Crippen LogP contribution in [-0.2, 0) is 12.8 Å². The summed E-state index contributed by atoms with van der Waals surface area (Å²) in [5.74, 6) is 2.50. The number of alkyl halides is 3. The Morgan fingerprint density at radius 3 is 2.75 bits per heavy atom. The van der Waals surface area contributed by atoms with E-state index in [2.05, 4.69) is 9.88 Å². The molecule has 0 N–H and O–H groups in total. The number of benzene rings is 1. The molecule has 1 saturated heterocycles. The van der Waals surface area contributed by atoms with Crippen molar-refractivity contribution in [1.29, 1.82) is 0 Å². The standard InChI is InChI=1S/C24H29F3N2O3/c1-30-20-5-4-18(6-9-24(25,26)27)21(14-20)29-10-7-17(8-11-29)16-32-23-13-19-3-2-12-31-22(19)15-28-23/h4-5,13-15,17H,2-3,6-12,16H2,1H3. The molecule has 2 aliphatic rings. The Hall–Kier alpha value is -2.64. The Morgan fingerprint density at radius 1 is 1.19 bits per heavy atom. The molecular weight excluding hydrogens is 421 g/mol. The van der Waals surface area contributed by atoms with Crippen molar-refractivity contribution in [2.24, 2.45) is 5.92 Å². The third-order valence-corrected chi connectivity index (χ3v) is 6.16. The second-order valence-corrected chi connectivity index (χ2v) is 8.43. The maximum atomic E-state index is 12.8. The average molecular weight is 451 g/mol. The molecule has 4 rings (SSSR count). The van der Waals surface area contributed by atoms with Crippen molar-refractivity contribution in [3.05, 3.63) is 41.6 Å². The van der Waals surface area contributed by atoms with Gasteiger partial charge in [0.2, 0.25) is 5.88 Å². The van der Waals surface area contributed by atoms with Crippen LogP contribution in [0.3, 0.4) is 0 Å². The predicted molar refractivity (Wildman–Crippen MR) is 116 cm³/mol. The molecule has 0 spiro atoms. The molecule has 0 amide bonds. The number of pyridine rings is 1. The summed E-state index contributed by atoms with van der Waals surface area (Å²) in [6.07, 6.45) is 0.507. The van der Waals surface area contributed by atoms with E-state index in [1.54, 1.807) is 25.4 Å². The second-order valence-electron chi connectivity index (χ2n) is 8.43. The van der Waals surface area contributed by atoms with Gasteiger partial charge in [0.1, 0.15) is 11.5 Å². The van der Waals surface area contributed by atoms with Crippen molar-refractivity contribution < 1.29 is 27.4 Å². The molecule has 0 saturated carbocycles. The maximum Gasteiger partial charge on any atom is 0.389 e. The number of aromatic nitrogens is 1. The Bertz CT molecular complexity index is 912. The molecule has 1 aromatic carbocycles. The first-order valence-corrected chi connectivity index (χ1v) is 11.1. The minimum atomic E-state index is -4.17. The summed E-state index contributed by atoms with van der Waals surface area (Å²) in [5.41, 5.74) is 2.68. The maximum absolute atomic E-state index is 12.8. The number of halogens is 3. The van der Waals surface area contributed by atoms with Gasteiger partial charge in [-0.1, -0.05) is 6.07 Å². The third-order valence-electron chi connectivity index (χ3n) is 6.16. The van der Waals surface area contributed by atoms with Gasteiger partial charge in [0, 0.05) is 42.9 Å². The van der Waals surface area contributed by atoms with E-state index < -0.39 is 12.6 Å². The van der Waals surface area contributed by atoms with Crippen LogP contribution in [0.15, 0.2) is 30.5 Å². The summed E-state index contributed by atoms with van der Waals surface area (Å²) in [6.45, 7) is 2.86. The third kappa shape index (κ3) is 5.78. The van der Waals surface area contributed by atoms with Crippen molar-refractivity contribution in [2.45, 2.75) is 44.7 Å². The summed E-state index contributed by atoms with van der Waals surface area (Å²) in [6, 6.07) is 7.29. The van der Waals surface area contributed by atoms with E-state index in [0.717, 1.165) is 62.4 Å². The van der Waals surface area contributed by atoms with Crippen LogP contribution >= 0.6 is 0 Å². The molecule has 1 fully saturated rings. The van der Waals surface area contributed by atoms with Crippen LogP contribution in [0.2, 0.25) is 0 Å². The van der Waals surface area contributed by atoms with Crippen LogP contribution in [0.25, 0.3) is 0 Å². The highest BCUT2D eigenvalue weighted by Crippen LogP contribution is 2.33. The normalized spacial score (nSPS) is 16.9. The zero-order valence-corrected chi connectivity index (χ0v) is 18.3. The Balaban J connectivity index is 1.34. The number of fused-ring (bicyclic) bond motifs is 1. The van der Waals surface area contributed by atoms with Gasteiger partial charge in [-0.15, -0.1) is 0 Å². The van der Waals surface area contributed by atoms with E-state index in [1.807, 2.05) is 12.1 Å². The lowest BCUT2D eigenvalue weighted by atomic mass is 9.96. The number of aryl methyl sites for hydroxylation is 2. The fourth-order valence-electron chi connectivity index (χ4n) is 4.31. The minimum Gasteiger partial charge on any atom is -0.497 e. The molecule has 8 heteroatoms. The summed E-state index contributed by atoms with van der Waals surface area (Å²) in [4.78, 5) is 6.51. The van der Waals surface area contributed by atoms with Gasteiger partial charge in [-0.3, -0.25) is 0 Å². The number of ether oxygens (including phenoxy) is 3. The van der Waals surface area contributed by atoms with Crippen LogP contribution in [0, 0.1) is 5.92 Å². The Morgan fingerprint density at radius 2 is 2.00 bits per heavy atom. The quantitative estimate of drug-likeness (QED) is 0.580. The fraction of sp³-hybridized carbons (Fsp3) is 0.542. The Labute approximate surface area is 186 Å². The van der Waals surface area contributed by atoms with Crippen molar-refractivity contribution in [1.82, 2.24) is 4.98 Å². The number of anilines is 1. The minimum absolute atomic E-state index is 0.0282. The van der Waals surface area contributed by atoms with E-state index in [4.69, 9.17) is 14.2 Å². The van der Waals surface area contributed by atoms with Gasteiger partial charge >= 0.3 is 6.18 Å². The molecule has 174 valence electrons. The van der Waals surface area contributed by atoms with E-state index in [0.29, 0.717) is 29.7 Å². The molecule has 0 unspecified atom stereocenters. The first-order valence-electron chi connectivity index (χ1n) is 11.1. The molecular formula is C24H29F3N2O3. The number of hydrogen-bond donors (Lipinski definition) is 0. The SMILES string of the molecule is COc1ccc(CCC(F)(F)F)c(N2CCC(COc3cc4c(cn3)OCCC4)CC2)c1. The average Bonchev–Trinajstić information content (AvgIpc) is 2.81. The Kier molecular flexibility index (Phi) is 6.96. The summed E-state index contributed by atoms with van der Waals surface area (Å²) < 4.78 is 55.2. The molecule has 0 aliphatic carbocycles. The highest BCUT2D eigenvalue weighted by atomic mass is 19.4. The molecule has 0 atom stereocenters. The van der Waals surface area contributed by atoms with Gasteiger partial charge in [-0.25, -0.2) is 4.98 Å². The van der Waals surface area contributed by atoms with Crippen molar-refractivity contribution in [3.63, 3.8) is 0 Å². The van der Waals surface area contributed by atoms with Gasteiger partial charge in [0.15, 0.2) is 0 Å². The first kappa shape index (κ1) is 22.6. The highest BCUT2D eigenvalue weighted by Gasteiger charge is 2.28. The summed E-state index contributed by atoms with van der Waals surface area (Å²) in [7, 11) is 1.57. The largest absolute Gasteiger partial charge is 0.497 e. The number of piperidine rings is 1. The van der Waals surface area contributed by atoms with Crippen LogP contribution in [0.4, 0.5) is 18.9 Å². The highest BCUT2D eigenvalue weighted by molar-refractivity contribution is 5.57. The van der Waals surface area contributed by atoms with Crippen molar-refractivity contribution >= 4 is 5.69 Å². The lowest BCUT2D eigenvalue weighted by Crippen LogP contribution is -2.36. The molecule has 0 bridgehead atoms. The van der Waals surface area contributed by atoms with E-state index in [9.17, 15) is 13.2 Å². The topological polar surface area (TPSA) is 43.8 Å². The van der Waals surface area contributed by atoms with Gasteiger partial charge in [0.25, 0.3) is 0 Å². The zero-order chi connectivity index (χ0) is 22.6. The van der Waals surface area contributed by atoms with Gasteiger partial charge < -0.3 is 19.1 Å². The lowest BCUT2D eigenvalue weighted by molar-refractivity contribution is -0.133. The number of rotatable bonds is 7. The van der Waals surface area contributed by atoms with Crippen molar-refractivity contribution in [2.75, 3.05) is 38.3 Å². The molecule has 3 heterocycles. The van der Waals surface area contributed by atoms with Crippen LogP contribution < -0.4 is 19.1 Å². The zero-order valence-electron chi connectivity index (χ0n) is 18.3.